The van der Waals surface area contributed by atoms with E-state index in [1.165, 1.54) is 0 Å². The van der Waals surface area contributed by atoms with E-state index in [1.54, 1.807) is 0 Å². The Morgan fingerprint density at radius 1 is 1.58 bits per heavy atom. The molecule has 0 aliphatic rings. The molecule has 0 fully saturated rings. The minimum Gasteiger partial charge on any atom is -0.481 e. The lowest BCUT2D eigenvalue weighted by molar-refractivity contribution is -0.481. The van der Waals surface area contributed by atoms with Crippen molar-refractivity contribution < 1.29 is 14.8 Å². The van der Waals surface area contributed by atoms with Crippen LogP contribution in [0.4, 0.5) is 0 Å². The van der Waals surface area contributed by atoms with Crippen LogP contribution >= 0.6 is 0 Å². The first kappa shape index (κ1) is 10.9. The molecule has 0 bridgehead atoms. The van der Waals surface area contributed by atoms with Crippen molar-refractivity contribution in [2.24, 2.45) is 5.92 Å². The van der Waals surface area contributed by atoms with Crippen LogP contribution < -0.4 is 0 Å². The molecule has 1 unspecified atom stereocenters. The number of aliphatic carboxylic acids is 1. The average molecular weight is 175 g/mol. The largest absolute Gasteiger partial charge is 0.481 e. The molecule has 0 heterocycles. The predicted molar refractivity (Wildman–Crippen MR) is 42.5 cm³/mol. The molecule has 0 aliphatic carbocycles. The van der Waals surface area contributed by atoms with E-state index in [2.05, 4.69) is 0 Å². The summed E-state index contributed by atoms with van der Waals surface area (Å²) in [6, 6.07) is 0. The van der Waals surface area contributed by atoms with Gasteiger partial charge in [-0.25, -0.2) is 0 Å². The maximum absolute atomic E-state index is 10.1. The minimum absolute atomic E-state index is 0.0687. The maximum Gasteiger partial charge on any atom is 0.303 e. The lowest BCUT2D eigenvalue weighted by Gasteiger charge is -2.05. The summed E-state index contributed by atoms with van der Waals surface area (Å²) in [5.74, 6) is -0.727. The van der Waals surface area contributed by atoms with E-state index in [4.69, 9.17) is 5.11 Å². The molecule has 5 nitrogen and oxygen atoms in total. The number of rotatable bonds is 6. The van der Waals surface area contributed by atoms with Crippen molar-refractivity contribution in [1.29, 1.82) is 0 Å². The van der Waals surface area contributed by atoms with Gasteiger partial charge in [0.15, 0.2) is 0 Å². The molecule has 70 valence electrons. The quantitative estimate of drug-likeness (QED) is 0.485. The van der Waals surface area contributed by atoms with Gasteiger partial charge in [-0.05, 0) is 12.3 Å². The summed E-state index contributed by atoms with van der Waals surface area (Å²) in [4.78, 5) is 19.7. The van der Waals surface area contributed by atoms with Crippen molar-refractivity contribution in [2.75, 3.05) is 6.54 Å². The van der Waals surface area contributed by atoms with E-state index in [0.29, 0.717) is 12.8 Å². The zero-order valence-corrected chi connectivity index (χ0v) is 7.02. The fourth-order valence-corrected chi connectivity index (χ4v) is 0.840. The van der Waals surface area contributed by atoms with Crippen molar-refractivity contribution >= 4 is 5.97 Å². The van der Waals surface area contributed by atoms with Crippen LogP contribution in [0.15, 0.2) is 0 Å². The molecule has 0 radical (unpaired) electrons. The summed E-state index contributed by atoms with van der Waals surface area (Å²) in [5.41, 5.74) is 0. The van der Waals surface area contributed by atoms with Crippen LogP contribution in [0.1, 0.15) is 26.2 Å². The third kappa shape index (κ3) is 6.98. The van der Waals surface area contributed by atoms with E-state index < -0.39 is 5.97 Å². The topological polar surface area (TPSA) is 80.4 Å². The molecule has 0 amide bonds. The molecule has 1 atom stereocenters. The molecule has 0 rings (SSSR count). The Bertz CT molecular complexity index is 151. The number of nitro groups is 1. The summed E-state index contributed by atoms with van der Waals surface area (Å²) >= 11 is 0. The van der Waals surface area contributed by atoms with Gasteiger partial charge in [0, 0.05) is 17.8 Å². The van der Waals surface area contributed by atoms with Crippen LogP contribution in [0.5, 0.6) is 0 Å². The van der Waals surface area contributed by atoms with Crippen LogP contribution in [0.2, 0.25) is 0 Å². The molecule has 5 heteroatoms. The number of carboxylic acid groups (broad SMARTS) is 1. The summed E-state index contributed by atoms with van der Waals surface area (Å²) in [7, 11) is 0. The molecule has 0 aromatic carbocycles. The van der Waals surface area contributed by atoms with Crippen molar-refractivity contribution in [1.82, 2.24) is 0 Å². The van der Waals surface area contributed by atoms with Gasteiger partial charge in [0.25, 0.3) is 0 Å². The third-order valence-electron chi connectivity index (χ3n) is 1.66. The fraction of sp³-hybridized carbons (Fsp3) is 0.857. The Morgan fingerprint density at radius 2 is 2.17 bits per heavy atom. The lowest BCUT2D eigenvalue weighted by Crippen LogP contribution is -2.08. The Kier molecular flexibility index (Phi) is 4.99. The van der Waals surface area contributed by atoms with Crippen molar-refractivity contribution in [3.05, 3.63) is 10.1 Å². The first-order chi connectivity index (χ1) is 5.52. The number of carbonyl (C=O) groups is 1. The van der Waals surface area contributed by atoms with Gasteiger partial charge in [-0.15, -0.1) is 0 Å². The van der Waals surface area contributed by atoms with Crippen molar-refractivity contribution in [3.63, 3.8) is 0 Å². The highest BCUT2D eigenvalue weighted by atomic mass is 16.6. The van der Waals surface area contributed by atoms with E-state index >= 15 is 0 Å². The van der Waals surface area contributed by atoms with E-state index in [9.17, 15) is 14.9 Å². The second-order valence-corrected chi connectivity index (χ2v) is 2.88. The van der Waals surface area contributed by atoms with Crippen LogP contribution in [0, 0.1) is 16.0 Å². The zero-order valence-electron chi connectivity index (χ0n) is 7.02. The van der Waals surface area contributed by atoms with E-state index in [1.807, 2.05) is 6.92 Å². The fourth-order valence-electron chi connectivity index (χ4n) is 0.840. The first-order valence-electron chi connectivity index (χ1n) is 3.86. The minimum atomic E-state index is -0.844. The van der Waals surface area contributed by atoms with Gasteiger partial charge in [-0.2, -0.15) is 0 Å². The first-order valence-corrected chi connectivity index (χ1v) is 3.86. The molecule has 0 saturated carbocycles. The van der Waals surface area contributed by atoms with Crippen LogP contribution in [-0.4, -0.2) is 22.5 Å². The van der Waals surface area contributed by atoms with Gasteiger partial charge >= 0.3 is 5.97 Å². The van der Waals surface area contributed by atoms with Crippen molar-refractivity contribution in [3.8, 4) is 0 Å². The highest BCUT2D eigenvalue weighted by Crippen LogP contribution is 2.09. The Morgan fingerprint density at radius 3 is 2.58 bits per heavy atom. The van der Waals surface area contributed by atoms with Gasteiger partial charge in [0.2, 0.25) is 6.54 Å². The molecule has 12 heavy (non-hydrogen) atoms. The van der Waals surface area contributed by atoms with Gasteiger partial charge < -0.3 is 5.11 Å². The number of hydrogen-bond acceptors (Lipinski definition) is 3. The van der Waals surface area contributed by atoms with Gasteiger partial charge in [-0.1, -0.05) is 6.92 Å². The summed E-state index contributed by atoms with van der Waals surface area (Å²) in [6.07, 6.45) is 1.07. The maximum atomic E-state index is 10.1. The molecule has 0 aromatic rings. The Hall–Kier alpha value is -1.13. The van der Waals surface area contributed by atoms with Gasteiger partial charge in [0.05, 0.1) is 0 Å². The lowest BCUT2D eigenvalue weighted by atomic mass is 10.0. The third-order valence-corrected chi connectivity index (χ3v) is 1.66. The highest BCUT2D eigenvalue weighted by molar-refractivity contribution is 5.66. The number of carboxylic acids is 1. The zero-order chi connectivity index (χ0) is 9.56. The molecule has 0 aliphatic heterocycles. The summed E-state index contributed by atoms with van der Waals surface area (Å²) in [5, 5.41) is 18.2. The number of hydrogen-bond donors (Lipinski definition) is 1. The molecular formula is C7H13NO4. The van der Waals surface area contributed by atoms with Crippen molar-refractivity contribution in [2.45, 2.75) is 26.2 Å². The van der Waals surface area contributed by atoms with E-state index in [0.717, 1.165) is 0 Å². The summed E-state index contributed by atoms with van der Waals surface area (Å²) in [6.45, 7) is 1.76. The monoisotopic (exact) mass is 175 g/mol. The van der Waals surface area contributed by atoms with Crippen LogP contribution in [0.25, 0.3) is 0 Å². The van der Waals surface area contributed by atoms with Gasteiger partial charge in [-0.3, -0.25) is 14.9 Å². The Labute approximate surface area is 70.5 Å². The second-order valence-electron chi connectivity index (χ2n) is 2.88. The molecule has 0 aromatic heterocycles. The van der Waals surface area contributed by atoms with E-state index in [-0.39, 0.29) is 23.8 Å². The normalized spacial score (nSPS) is 12.4. The smallest absolute Gasteiger partial charge is 0.303 e. The standard InChI is InChI=1S/C7H13NO4/c1-6(2-3-7(9)10)4-5-8(11)12/h6H,2-5H2,1H3,(H,9,10). The Balaban J connectivity index is 3.39. The summed E-state index contributed by atoms with van der Waals surface area (Å²) < 4.78 is 0. The highest BCUT2D eigenvalue weighted by Gasteiger charge is 2.08. The van der Waals surface area contributed by atoms with Gasteiger partial charge in [0.1, 0.15) is 0 Å². The number of nitrogens with zero attached hydrogens (tertiary/aromatic N) is 1. The molecule has 1 N–H and O–H groups in total. The SMILES string of the molecule is CC(CCC(=O)O)CC[N+](=O)[O-]. The molecule has 0 spiro atoms. The van der Waals surface area contributed by atoms with Crippen LogP contribution in [-0.2, 0) is 4.79 Å². The van der Waals surface area contributed by atoms with Crippen LogP contribution in [0.3, 0.4) is 0 Å². The predicted octanol–water partition coefficient (Wildman–Crippen LogP) is 1.15. The second kappa shape index (κ2) is 5.51. The molecule has 0 saturated heterocycles. The molecular weight excluding hydrogens is 162 g/mol. The average Bonchev–Trinajstić information content (AvgIpc) is 1.96.